The lowest BCUT2D eigenvalue weighted by atomic mass is 10.2. The number of aliphatic hydroxyl groups is 2. The van der Waals surface area contributed by atoms with Crippen LogP contribution in [-0.2, 0) is 27.2 Å². The van der Waals surface area contributed by atoms with Gasteiger partial charge >= 0.3 is 0 Å². The molecule has 0 bridgehead atoms. The molecule has 0 aromatic rings. The number of nitrogens with one attached hydrogen (secondary N) is 1. The summed E-state index contributed by atoms with van der Waals surface area (Å²) in [4.78, 5) is 23.2. The second-order valence-electron chi connectivity index (χ2n) is 11.4. The first-order valence-corrected chi connectivity index (χ1v) is 17.2. The molecule has 0 saturated carbocycles. The monoisotopic (exact) mass is 640 g/mol. The third-order valence-corrected chi connectivity index (χ3v) is 7.02. The Hall–Kier alpha value is -0.0200. The van der Waals surface area contributed by atoms with Gasteiger partial charge in [-0.25, -0.2) is 0 Å². The number of rotatable bonds is 24. The van der Waals surface area contributed by atoms with E-state index in [1.54, 1.807) is 0 Å². The normalized spacial score (nSPS) is 14.7. The van der Waals surface area contributed by atoms with Crippen molar-refractivity contribution in [3.8, 4) is 0 Å². The Morgan fingerprint density at radius 1 is 0.634 bits per heavy atom. The Kier molecular flexibility index (Phi) is 30.5. The van der Waals surface area contributed by atoms with Crippen LogP contribution in [-0.4, -0.2) is 134 Å². The van der Waals surface area contributed by atoms with Crippen LogP contribution in [0.3, 0.4) is 0 Å². The number of phosphoric acid groups is 2. The molecule has 2 atom stereocenters. The summed E-state index contributed by atoms with van der Waals surface area (Å²) in [6.45, 7) is 3.56. The molecule has 0 heterocycles. The topological polar surface area (TPSA) is 196 Å². The molecule has 0 fully saturated rings. The molecule has 0 amide bonds. The molecule has 14 nitrogen and oxygen atoms in total. The van der Waals surface area contributed by atoms with Crippen molar-refractivity contribution in [2.75, 3.05) is 115 Å². The highest BCUT2D eigenvalue weighted by Crippen LogP contribution is 2.39. The van der Waals surface area contributed by atoms with Crippen molar-refractivity contribution >= 4 is 15.6 Å². The van der Waals surface area contributed by atoms with Crippen LogP contribution in [0.4, 0.5) is 0 Å². The van der Waals surface area contributed by atoms with Gasteiger partial charge in [0.1, 0.15) is 26.3 Å². The molecular formula is C25H62N4O10P2. The second-order valence-corrected chi connectivity index (χ2v) is 14.2. The minimum absolute atomic E-state index is 0.0419. The number of likely N-dealkylation sites (N-methyl/N-ethyl adjacent to an activating group) is 3. The van der Waals surface area contributed by atoms with Crippen molar-refractivity contribution < 1.29 is 56.2 Å². The van der Waals surface area contributed by atoms with Crippen LogP contribution in [0.1, 0.15) is 51.4 Å². The first kappa shape index (κ1) is 45.4. The average molecular weight is 641 g/mol. The maximum Gasteiger partial charge on any atom is 0.268 e. The molecule has 16 heteroatoms. The maximum absolute atomic E-state index is 11.6. The Balaban J connectivity index is -0.000000912. The zero-order chi connectivity index (χ0) is 32.3. The van der Waals surface area contributed by atoms with Crippen molar-refractivity contribution in [1.29, 1.82) is 0 Å². The van der Waals surface area contributed by atoms with Gasteiger partial charge in [0, 0.05) is 26.3 Å². The predicted octanol–water partition coefficient (Wildman–Crippen LogP) is 0.658. The Bertz CT molecular complexity index is 611. The number of hydrogen-bond acceptors (Lipinski definition) is 12. The molecule has 2 unspecified atom stereocenters. The van der Waals surface area contributed by atoms with Crippen LogP contribution >= 0.6 is 15.6 Å². The highest BCUT2D eigenvalue weighted by Gasteiger charge is 2.14. The van der Waals surface area contributed by atoms with Crippen molar-refractivity contribution in [2.24, 2.45) is 5.73 Å². The van der Waals surface area contributed by atoms with E-state index in [1.807, 2.05) is 49.3 Å². The molecule has 41 heavy (non-hydrogen) atoms. The summed E-state index contributed by atoms with van der Waals surface area (Å²) in [6.07, 6.45) is 6.26. The molecule has 0 aromatic heterocycles. The number of nitrogens with two attached hydrogens (primary N) is 1. The molecule has 0 aliphatic rings. The summed E-state index contributed by atoms with van der Waals surface area (Å²) >= 11 is 0. The minimum Gasteiger partial charge on any atom is -0.756 e. The van der Waals surface area contributed by atoms with Crippen LogP contribution < -0.4 is 20.8 Å². The fourth-order valence-electron chi connectivity index (χ4n) is 2.56. The molecular weight excluding hydrogens is 578 g/mol. The van der Waals surface area contributed by atoms with Gasteiger partial charge in [0.2, 0.25) is 0 Å². The van der Waals surface area contributed by atoms with Gasteiger partial charge in [0.15, 0.2) is 0 Å². The molecule has 0 aromatic carbocycles. The van der Waals surface area contributed by atoms with E-state index >= 15 is 0 Å². The lowest BCUT2D eigenvalue weighted by Gasteiger charge is -2.27. The van der Waals surface area contributed by atoms with Crippen molar-refractivity contribution in [3.05, 3.63) is 0 Å². The predicted molar refractivity (Wildman–Crippen MR) is 159 cm³/mol. The molecule has 5 N–H and O–H groups in total. The quantitative estimate of drug-likeness (QED) is 0.0655. The lowest BCUT2D eigenvalue weighted by Crippen LogP contribution is -2.37. The summed E-state index contributed by atoms with van der Waals surface area (Å²) in [6, 6.07) is 0. The fraction of sp³-hybridized carbons (Fsp3) is 1.00. The number of hydrogen-bond donors (Lipinski definition) is 4. The van der Waals surface area contributed by atoms with Gasteiger partial charge in [-0.3, -0.25) is 9.13 Å². The van der Waals surface area contributed by atoms with Crippen LogP contribution in [0.2, 0.25) is 0 Å². The van der Waals surface area contributed by atoms with Gasteiger partial charge in [0.05, 0.1) is 55.5 Å². The summed E-state index contributed by atoms with van der Waals surface area (Å²) in [5.41, 5.74) is 5.08. The molecule has 0 radical (unpaired) electrons. The highest BCUT2D eigenvalue weighted by atomic mass is 31.2. The van der Waals surface area contributed by atoms with Gasteiger partial charge < -0.3 is 58.1 Å². The zero-order valence-corrected chi connectivity index (χ0v) is 28.5. The van der Waals surface area contributed by atoms with Crippen molar-refractivity contribution in [1.82, 2.24) is 5.32 Å². The zero-order valence-electron chi connectivity index (χ0n) is 26.8. The van der Waals surface area contributed by atoms with E-state index in [2.05, 4.69) is 5.32 Å². The van der Waals surface area contributed by atoms with E-state index in [0.717, 1.165) is 38.8 Å². The molecule has 0 aliphatic carbocycles. The Morgan fingerprint density at radius 3 is 1.20 bits per heavy atom. The molecule has 0 aliphatic heterocycles. The van der Waals surface area contributed by atoms with E-state index in [4.69, 9.17) is 34.0 Å². The van der Waals surface area contributed by atoms with Gasteiger partial charge in [-0.2, -0.15) is 0 Å². The first-order valence-electron chi connectivity index (χ1n) is 14.3. The Morgan fingerprint density at radius 2 is 0.951 bits per heavy atom. The summed E-state index contributed by atoms with van der Waals surface area (Å²) < 4.78 is 43.6. The number of phosphoric ester groups is 2. The van der Waals surface area contributed by atoms with E-state index in [9.17, 15) is 18.9 Å². The minimum atomic E-state index is -4.27. The molecule has 0 saturated heterocycles. The van der Waals surface area contributed by atoms with Crippen LogP contribution in [0.5, 0.6) is 0 Å². The third kappa shape index (κ3) is 44.5. The van der Waals surface area contributed by atoms with Gasteiger partial charge in [-0.15, -0.1) is 0 Å². The number of quaternary nitrogens is 2. The SMILES string of the molecule is CNCCN.C[N+](C)(C)CCOP(=O)([O-])OCCCCCCOP(=O)([O-])OCC[N+](C)(C)C.OCCCCCCO. The van der Waals surface area contributed by atoms with Crippen molar-refractivity contribution in [3.63, 3.8) is 0 Å². The Labute approximate surface area is 249 Å². The molecule has 0 rings (SSSR count). The van der Waals surface area contributed by atoms with E-state index in [1.165, 1.54) is 0 Å². The van der Waals surface area contributed by atoms with E-state index in [0.29, 0.717) is 47.7 Å². The van der Waals surface area contributed by atoms with Gasteiger partial charge in [0.25, 0.3) is 15.6 Å². The average Bonchev–Trinajstić information content (AvgIpc) is 2.83. The van der Waals surface area contributed by atoms with E-state index in [-0.39, 0.29) is 39.6 Å². The second kappa shape index (κ2) is 27.5. The molecule has 252 valence electrons. The smallest absolute Gasteiger partial charge is 0.268 e. The standard InChI is InChI=1S/C16H38N2O8P2.C6H14O2.C3H10N2/c1-17(2,3)11-15-25-27(19,20)23-13-9-7-8-10-14-24-28(21,22)26-16-12-18(4,5)6;7-5-3-1-2-4-6-8;1-5-3-2-4/h7-16H2,1-6H3;7-8H,1-6H2;5H,2-4H2,1H3. The summed E-state index contributed by atoms with van der Waals surface area (Å²) in [5.74, 6) is 0. The summed E-state index contributed by atoms with van der Waals surface area (Å²) in [5, 5.41) is 19.5. The highest BCUT2D eigenvalue weighted by molar-refractivity contribution is 7.46. The van der Waals surface area contributed by atoms with Crippen molar-refractivity contribution in [2.45, 2.75) is 51.4 Å². The van der Waals surface area contributed by atoms with Crippen LogP contribution in [0.15, 0.2) is 0 Å². The lowest BCUT2D eigenvalue weighted by molar-refractivity contribution is -0.870. The number of unbranched alkanes of at least 4 members (excludes halogenated alkanes) is 6. The third-order valence-electron chi connectivity index (χ3n) is 5.02. The van der Waals surface area contributed by atoms with E-state index < -0.39 is 15.6 Å². The first-order chi connectivity index (χ1) is 18.9. The number of nitrogens with zero attached hydrogens (tertiary/aromatic N) is 2. The fourth-order valence-corrected chi connectivity index (χ4v) is 4.02. The summed E-state index contributed by atoms with van der Waals surface area (Å²) in [7, 11) is 4.97. The van der Waals surface area contributed by atoms with Crippen LogP contribution in [0, 0.1) is 0 Å². The van der Waals surface area contributed by atoms with Crippen LogP contribution in [0.25, 0.3) is 0 Å². The maximum atomic E-state index is 11.6. The number of aliphatic hydroxyl groups excluding tert-OH is 2. The largest absolute Gasteiger partial charge is 0.756 e. The van der Waals surface area contributed by atoms with Gasteiger partial charge in [-0.05, 0) is 32.7 Å². The molecule has 0 spiro atoms. The van der Waals surface area contributed by atoms with Gasteiger partial charge in [-0.1, -0.05) is 25.7 Å².